The van der Waals surface area contributed by atoms with Crippen molar-refractivity contribution in [2.75, 3.05) is 11.9 Å². The highest BCUT2D eigenvalue weighted by Crippen LogP contribution is 2.33. The average molecular weight is 474 g/mol. The number of anilines is 1. The Morgan fingerprint density at radius 2 is 1.75 bits per heavy atom. The van der Waals surface area contributed by atoms with Crippen LogP contribution in [0.3, 0.4) is 0 Å². The molecule has 0 unspecified atom stereocenters. The Balaban J connectivity index is 1.42. The van der Waals surface area contributed by atoms with E-state index in [0.717, 1.165) is 5.56 Å². The third-order valence-electron chi connectivity index (χ3n) is 4.20. The van der Waals surface area contributed by atoms with E-state index in [2.05, 4.69) is 15.6 Å². The monoisotopic (exact) mass is 473 g/mol. The van der Waals surface area contributed by atoms with Crippen LogP contribution >= 0.6 is 23.2 Å². The number of pyridine rings is 1. The Morgan fingerprint density at radius 3 is 2.53 bits per heavy atom. The zero-order valence-corrected chi connectivity index (χ0v) is 18.5. The summed E-state index contributed by atoms with van der Waals surface area (Å²) in [7, 11) is 0. The number of halogens is 2. The van der Waals surface area contributed by atoms with Crippen molar-refractivity contribution in [3.05, 3.63) is 82.5 Å². The van der Waals surface area contributed by atoms with Gasteiger partial charge < -0.3 is 20.1 Å². The molecule has 0 fully saturated rings. The number of amides is 2. The number of hydrogen-bond donors (Lipinski definition) is 2. The molecule has 0 atom stereocenters. The van der Waals surface area contributed by atoms with E-state index < -0.39 is 6.09 Å². The number of aromatic nitrogens is 1. The summed E-state index contributed by atoms with van der Waals surface area (Å²) in [6.45, 7) is 0.500. The van der Waals surface area contributed by atoms with Crippen LogP contribution in [0, 0.1) is 0 Å². The minimum Gasteiger partial charge on any atom is -0.445 e. The molecule has 0 saturated heterocycles. The van der Waals surface area contributed by atoms with Gasteiger partial charge in [0.25, 0.3) is 0 Å². The number of carbonyl (C=O) groups is 2. The van der Waals surface area contributed by atoms with Crippen LogP contribution < -0.4 is 15.4 Å². The SMILES string of the molecule is O=C(CCCNC(=O)OCc1ccccc1)Nc1ccccc1Oc1ncc(Cl)cc1Cl. The van der Waals surface area contributed by atoms with Crippen molar-refractivity contribution in [3.8, 4) is 11.6 Å². The second-order valence-electron chi connectivity index (χ2n) is 6.68. The highest BCUT2D eigenvalue weighted by Gasteiger charge is 2.12. The van der Waals surface area contributed by atoms with Crippen LogP contribution in [0.2, 0.25) is 10.0 Å². The van der Waals surface area contributed by atoms with Crippen LogP contribution in [-0.4, -0.2) is 23.5 Å². The zero-order chi connectivity index (χ0) is 22.8. The number of nitrogens with one attached hydrogen (secondary N) is 2. The molecule has 3 rings (SSSR count). The van der Waals surface area contributed by atoms with Crippen LogP contribution in [0.25, 0.3) is 0 Å². The molecule has 0 aliphatic heterocycles. The first-order chi connectivity index (χ1) is 15.5. The number of alkyl carbamates (subject to hydrolysis) is 1. The van der Waals surface area contributed by atoms with E-state index in [-0.39, 0.29) is 29.8 Å². The lowest BCUT2D eigenvalue weighted by Gasteiger charge is -2.12. The van der Waals surface area contributed by atoms with E-state index in [4.69, 9.17) is 32.7 Å². The molecule has 0 radical (unpaired) electrons. The van der Waals surface area contributed by atoms with Crippen molar-refractivity contribution in [3.63, 3.8) is 0 Å². The topological polar surface area (TPSA) is 89.6 Å². The molecule has 2 aromatic carbocycles. The summed E-state index contributed by atoms with van der Waals surface area (Å²) in [6, 6.07) is 17.8. The molecule has 7 nitrogen and oxygen atoms in total. The van der Waals surface area contributed by atoms with Gasteiger partial charge in [-0.25, -0.2) is 9.78 Å². The van der Waals surface area contributed by atoms with Gasteiger partial charge >= 0.3 is 6.09 Å². The van der Waals surface area contributed by atoms with Crippen LogP contribution in [0.4, 0.5) is 10.5 Å². The summed E-state index contributed by atoms with van der Waals surface area (Å²) in [5, 5.41) is 6.06. The Kier molecular flexibility index (Phi) is 8.71. The molecule has 0 aliphatic carbocycles. The Morgan fingerprint density at radius 1 is 1.00 bits per heavy atom. The van der Waals surface area contributed by atoms with Gasteiger partial charge in [0, 0.05) is 19.2 Å². The van der Waals surface area contributed by atoms with Gasteiger partial charge in [-0.1, -0.05) is 65.7 Å². The number of rotatable bonds is 9. The van der Waals surface area contributed by atoms with E-state index in [1.54, 1.807) is 24.3 Å². The van der Waals surface area contributed by atoms with Gasteiger partial charge in [-0.05, 0) is 30.2 Å². The average Bonchev–Trinajstić information content (AvgIpc) is 2.79. The molecule has 0 spiro atoms. The van der Waals surface area contributed by atoms with E-state index in [1.165, 1.54) is 12.3 Å². The smallest absolute Gasteiger partial charge is 0.407 e. The van der Waals surface area contributed by atoms with Gasteiger partial charge in [-0.15, -0.1) is 0 Å². The molecular weight excluding hydrogens is 453 g/mol. The molecule has 166 valence electrons. The molecule has 0 aliphatic rings. The molecule has 3 aromatic rings. The van der Waals surface area contributed by atoms with Crippen molar-refractivity contribution in [1.82, 2.24) is 10.3 Å². The van der Waals surface area contributed by atoms with Crippen molar-refractivity contribution in [2.45, 2.75) is 19.4 Å². The van der Waals surface area contributed by atoms with Crippen LogP contribution in [0.15, 0.2) is 66.9 Å². The first-order valence-electron chi connectivity index (χ1n) is 9.83. The predicted octanol–water partition coefficient (Wildman–Crippen LogP) is 5.83. The second-order valence-corrected chi connectivity index (χ2v) is 7.52. The fourth-order valence-corrected chi connectivity index (χ4v) is 3.09. The minimum atomic E-state index is -0.527. The van der Waals surface area contributed by atoms with E-state index >= 15 is 0 Å². The Labute approximate surface area is 195 Å². The quantitative estimate of drug-likeness (QED) is 0.381. The van der Waals surface area contributed by atoms with Crippen molar-refractivity contribution >= 4 is 40.9 Å². The second kappa shape index (κ2) is 11.9. The molecule has 0 bridgehead atoms. The zero-order valence-electron chi connectivity index (χ0n) is 17.0. The fourth-order valence-electron chi connectivity index (χ4n) is 2.67. The largest absolute Gasteiger partial charge is 0.445 e. The minimum absolute atomic E-state index is 0.177. The maximum atomic E-state index is 12.3. The normalized spacial score (nSPS) is 10.3. The van der Waals surface area contributed by atoms with E-state index in [9.17, 15) is 9.59 Å². The molecule has 32 heavy (non-hydrogen) atoms. The molecule has 2 amide bonds. The number of nitrogens with zero attached hydrogens (tertiary/aromatic N) is 1. The van der Waals surface area contributed by atoms with E-state index in [0.29, 0.717) is 29.4 Å². The van der Waals surface area contributed by atoms with Gasteiger partial charge in [0.15, 0.2) is 5.75 Å². The lowest BCUT2D eigenvalue weighted by molar-refractivity contribution is -0.116. The van der Waals surface area contributed by atoms with Crippen LogP contribution in [0.5, 0.6) is 11.6 Å². The lowest BCUT2D eigenvalue weighted by Crippen LogP contribution is -2.26. The van der Waals surface area contributed by atoms with Gasteiger partial charge in [-0.2, -0.15) is 0 Å². The maximum absolute atomic E-state index is 12.3. The first-order valence-corrected chi connectivity index (χ1v) is 10.6. The summed E-state index contributed by atoms with van der Waals surface area (Å²) < 4.78 is 10.9. The van der Waals surface area contributed by atoms with Crippen molar-refractivity contribution in [1.29, 1.82) is 0 Å². The summed E-state index contributed by atoms with van der Waals surface area (Å²) in [4.78, 5) is 28.1. The molecule has 1 heterocycles. The Hall–Kier alpha value is -3.29. The van der Waals surface area contributed by atoms with Gasteiger partial charge in [0.05, 0.1) is 10.7 Å². The fraction of sp³-hybridized carbons (Fsp3) is 0.174. The summed E-state index contributed by atoms with van der Waals surface area (Å²) >= 11 is 12.0. The highest BCUT2D eigenvalue weighted by atomic mass is 35.5. The van der Waals surface area contributed by atoms with Crippen molar-refractivity contribution < 1.29 is 19.1 Å². The standard InChI is InChI=1S/C23H21Cl2N3O4/c24-17-13-18(25)22(27-14-17)32-20-10-5-4-9-19(20)28-21(29)11-6-12-26-23(30)31-15-16-7-2-1-3-8-16/h1-5,7-10,13-14H,6,11-12,15H2,(H,26,30)(H,28,29). The molecular formula is C23H21Cl2N3O4. The maximum Gasteiger partial charge on any atom is 0.407 e. The summed E-state index contributed by atoms with van der Waals surface area (Å²) in [5.41, 5.74) is 1.37. The lowest BCUT2D eigenvalue weighted by atomic mass is 10.2. The first kappa shape index (κ1) is 23.4. The van der Waals surface area contributed by atoms with Crippen molar-refractivity contribution in [2.24, 2.45) is 0 Å². The van der Waals surface area contributed by atoms with E-state index in [1.807, 2.05) is 30.3 Å². The number of hydrogen-bond acceptors (Lipinski definition) is 5. The number of ether oxygens (including phenoxy) is 2. The highest BCUT2D eigenvalue weighted by molar-refractivity contribution is 6.35. The van der Waals surface area contributed by atoms with Gasteiger partial charge in [-0.3, -0.25) is 4.79 Å². The third-order valence-corrected chi connectivity index (χ3v) is 4.68. The predicted molar refractivity (Wildman–Crippen MR) is 123 cm³/mol. The summed E-state index contributed by atoms with van der Waals surface area (Å²) in [6.07, 6.45) is 1.54. The summed E-state index contributed by atoms with van der Waals surface area (Å²) in [5.74, 6) is 0.340. The number of para-hydroxylation sites is 2. The van der Waals surface area contributed by atoms with Crippen LogP contribution in [0.1, 0.15) is 18.4 Å². The molecule has 1 aromatic heterocycles. The molecule has 9 heteroatoms. The van der Waals surface area contributed by atoms with Gasteiger partial charge in [0.2, 0.25) is 11.8 Å². The third kappa shape index (κ3) is 7.44. The number of benzene rings is 2. The molecule has 2 N–H and O–H groups in total. The van der Waals surface area contributed by atoms with Crippen LogP contribution in [-0.2, 0) is 16.1 Å². The van der Waals surface area contributed by atoms with Gasteiger partial charge in [0.1, 0.15) is 11.6 Å². The molecule has 0 saturated carbocycles. The Bertz CT molecular complexity index is 1060. The number of carbonyl (C=O) groups excluding carboxylic acids is 2.